The Bertz CT molecular complexity index is 335. The number of carbonyl (C=O) groups is 2. The van der Waals surface area contributed by atoms with Gasteiger partial charge in [0, 0.05) is 18.6 Å². The van der Waals surface area contributed by atoms with Crippen LogP contribution in [0.25, 0.3) is 0 Å². The van der Waals surface area contributed by atoms with Crippen LogP contribution in [0.3, 0.4) is 0 Å². The Morgan fingerprint density at radius 3 is 2.61 bits per heavy atom. The lowest BCUT2D eigenvalue weighted by atomic mass is 9.77. The van der Waals surface area contributed by atoms with E-state index in [1.165, 1.54) is 0 Å². The van der Waals surface area contributed by atoms with Gasteiger partial charge >= 0.3 is 12.0 Å². The number of carboxylic acids is 1. The van der Waals surface area contributed by atoms with Gasteiger partial charge in [0.1, 0.15) is 5.54 Å². The number of urea groups is 1. The van der Waals surface area contributed by atoms with Crippen molar-refractivity contribution < 1.29 is 19.4 Å². The van der Waals surface area contributed by atoms with Gasteiger partial charge in [-0.1, -0.05) is 0 Å². The zero-order chi connectivity index (χ0) is 13.2. The third-order valence-corrected chi connectivity index (χ3v) is 4.00. The normalized spacial score (nSPS) is 27.1. The summed E-state index contributed by atoms with van der Waals surface area (Å²) in [6.45, 7) is 3.32. The Morgan fingerprint density at radius 1 is 1.44 bits per heavy atom. The van der Waals surface area contributed by atoms with Crippen LogP contribution in [0.1, 0.15) is 32.6 Å². The van der Waals surface area contributed by atoms with Crippen molar-refractivity contribution in [3.8, 4) is 0 Å². The van der Waals surface area contributed by atoms with E-state index in [2.05, 4.69) is 10.6 Å². The third-order valence-electron chi connectivity index (χ3n) is 4.00. The van der Waals surface area contributed by atoms with Crippen LogP contribution in [0.4, 0.5) is 4.79 Å². The van der Waals surface area contributed by atoms with E-state index >= 15 is 0 Å². The molecule has 2 fully saturated rings. The lowest BCUT2D eigenvalue weighted by Gasteiger charge is -2.38. The maximum absolute atomic E-state index is 11.8. The lowest BCUT2D eigenvalue weighted by Crippen LogP contribution is -2.62. The van der Waals surface area contributed by atoms with Gasteiger partial charge < -0.3 is 20.5 Å². The first-order valence-electron chi connectivity index (χ1n) is 6.43. The summed E-state index contributed by atoms with van der Waals surface area (Å²) in [7, 11) is 0. The molecule has 1 saturated carbocycles. The predicted octanol–water partition coefficient (Wildman–Crippen LogP) is 0.718. The van der Waals surface area contributed by atoms with Crippen molar-refractivity contribution in [2.75, 3.05) is 13.2 Å². The molecule has 2 rings (SSSR count). The van der Waals surface area contributed by atoms with Gasteiger partial charge in [-0.05, 0) is 32.6 Å². The number of ether oxygens (including phenoxy) is 1. The molecule has 3 N–H and O–H groups in total. The number of carbonyl (C=O) groups excluding carboxylic acids is 1. The fraction of sp³-hybridized carbons (Fsp3) is 0.833. The Labute approximate surface area is 106 Å². The number of rotatable bonds is 4. The molecular formula is C12H20N2O4. The zero-order valence-corrected chi connectivity index (χ0v) is 10.6. The molecule has 1 heterocycles. The summed E-state index contributed by atoms with van der Waals surface area (Å²) in [5.74, 6) is -0.626. The van der Waals surface area contributed by atoms with Crippen molar-refractivity contribution in [3.05, 3.63) is 0 Å². The molecule has 102 valence electrons. The summed E-state index contributed by atoms with van der Waals surface area (Å²) < 4.78 is 5.27. The monoisotopic (exact) mass is 256 g/mol. The van der Waals surface area contributed by atoms with Crippen molar-refractivity contribution in [1.29, 1.82) is 0 Å². The van der Waals surface area contributed by atoms with Crippen molar-refractivity contribution in [2.24, 2.45) is 5.92 Å². The summed E-state index contributed by atoms with van der Waals surface area (Å²) in [5.41, 5.74) is -1.05. The first-order chi connectivity index (χ1) is 8.53. The van der Waals surface area contributed by atoms with Crippen LogP contribution in [-0.4, -0.2) is 41.9 Å². The molecule has 6 nitrogen and oxygen atoms in total. The van der Waals surface area contributed by atoms with Gasteiger partial charge in [-0.15, -0.1) is 0 Å². The van der Waals surface area contributed by atoms with Crippen LogP contribution < -0.4 is 10.6 Å². The summed E-state index contributed by atoms with van der Waals surface area (Å²) in [6, 6.07) is -0.394. The smallest absolute Gasteiger partial charge is 0.329 e. The highest BCUT2D eigenvalue weighted by Gasteiger charge is 2.45. The van der Waals surface area contributed by atoms with Gasteiger partial charge in [0.2, 0.25) is 0 Å². The predicted molar refractivity (Wildman–Crippen MR) is 64.3 cm³/mol. The van der Waals surface area contributed by atoms with E-state index in [0.29, 0.717) is 25.4 Å². The molecule has 0 bridgehead atoms. The summed E-state index contributed by atoms with van der Waals surface area (Å²) in [6.07, 6.45) is 2.80. The van der Waals surface area contributed by atoms with Gasteiger partial charge in [-0.3, -0.25) is 0 Å². The van der Waals surface area contributed by atoms with Crippen molar-refractivity contribution in [3.63, 3.8) is 0 Å². The van der Waals surface area contributed by atoms with Crippen LogP contribution in [-0.2, 0) is 9.53 Å². The lowest BCUT2D eigenvalue weighted by molar-refractivity contribution is -0.148. The van der Waals surface area contributed by atoms with Gasteiger partial charge in [-0.2, -0.15) is 0 Å². The van der Waals surface area contributed by atoms with Crippen molar-refractivity contribution in [1.82, 2.24) is 10.6 Å². The van der Waals surface area contributed by atoms with Crippen molar-refractivity contribution in [2.45, 2.75) is 44.2 Å². The fourth-order valence-corrected chi connectivity index (χ4v) is 2.45. The van der Waals surface area contributed by atoms with E-state index in [-0.39, 0.29) is 6.04 Å². The molecule has 6 heteroatoms. The number of amides is 2. The van der Waals surface area contributed by atoms with Gasteiger partial charge in [-0.25, -0.2) is 9.59 Å². The number of nitrogens with one attached hydrogen (secondary N) is 2. The van der Waals surface area contributed by atoms with Crippen LogP contribution in [0.2, 0.25) is 0 Å². The SMILES string of the molecule is CC(NC(=O)NC1(C(=O)O)CCC1)C1CCOC1. The topological polar surface area (TPSA) is 87.7 Å². The molecule has 1 aliphatic carbocycles. The van der Waals surface area contributed by atoms with E-state index in [1.54, 1.807) is 0 Å². The number of hydrogen-bond acceptors (Lipinski definition) is 3. The Hall–Kier alpha value is -1.30. The number of carboxylic acid groups (broad SMARTS) is 1. The molecule has 0 aromatic carbocycles. The van der Waals surface area contributed by atoms with Crippen LogP contribution in [0.5, 0.6) is 0 Å². The number of hydrogen-bond donors (Lipinski definition) is 3. The highest BCUT2D eigenvalue weighted by Crippen LogP contribution is 2.31. The standard InChI is InChI=1S/C12H20N2O4/c1-8(9-3-6-18-7-9)13-11(17)14-12(10(15)16)4-2-5-12/h8-9H,2-7H2,1H3,(H,15,16)(H2,13,14,17). The van der Waals surface area contributed by atoms with Crippen LogP contribution >= 0.6 is 0 Å². The molecule has 1 aliphatic heterocycles. The molecule has 1 saturated heterocycles. The quantitative estimate of drug-likeness (QED) is 0.691. The minimum atomic E-state index is -1.05. The first kappa shape index (κ1) is 13.1. The largest absolute Gasteiger partial charge is 0.480 e. The zero-order valence-electron chi connectivity index (χ0n) is 10.6. The summed E-state index contributed by atoms with van der Waals surface area (Å²) >= 11 is 0. The van der Waals surface area contributed by atoms with Gasteiger partial charge in [0.05, 0.1) is 6.61 Å². The Balaban J connectivity index is 1.82. The second-order valence-corrected chi connectivity index (χ2v) is 5.25. The van der Waals surface area contributed by atoms with Crippen LogP contribution in [0, 0.1) is 5.92 Å². The Kier molecular flexibility index (Phi) is 3.75. The first-order valence-corrected chi connectivity index (χ1v) is 6.43. The average molecular weight is 256 g/mol. The summed E-state index contributed by atoms with van der Waals surface area (Å²) in [4.78, 5) is 22.9. The third kappa shape index (κ3) is 2.58. The molecule has 0 aromatic rings. The summed E-state index contributed by atoms with van der Waals surface area (Å²) in [5, 5.41) is 14.5. The molecule has 2 aliphatic rings. The van der Waals surface area contributed by atoms with Crippen molar-refractivity contribution >= 4 is 12.0 Å². The van der Waals surface area contributed by atoms with Gasteiger partial charge in [0.15, 0.2) is 0 Å². The van der Waals surface area contributed by atoms with E-state index in [9.17, 15) is 9.59 Å². The molecule has 18 heavy (non-hydrogen) atoms. The van der Waals surface area contributed by atoms with Crippen LogP contribution in [0.15, 0.2) is 0 Å². The molecule has 2 amide bonds. The molecule has 0 aromatic heterocycles. The minimum Gasteiger partial charge on any atom is -0.480 e. The van der Waals surface area contributed by atoms with E-state index in [1.807, 2.05) is 6.92 Å². The number of aliphatic carboxylic acids is 1. The highest BCUT2D eigenvalue weighted by molar-refractivity contribution is 5.87. The maximum atomic E-state index is 11.8. The molecule has 2 unspecified atom stereocenters. The van der Waals surface area contributed by atoms with E-state index < -0.39 is 17.5 Å². The van der Waals surface area contributed by atoms with E-state index in [0.717, 1.165) is 19.4 Å². The second kappa shape index (κ2) is 5.14. The Morgan fingerprint density at radius 2 is 2.17 bits per heavy atom. The minimum absolute atomic E-state index is 0.00146. The molecule has 0 spiro atoms. The highest BCUT2D eigenvalue weighted by atomic mass is 16.5. The van der Waals surface area contributed by atoms with E-state index in [4.69, 9.17) is 9.84 Å². The molecular weight excluding hydrogens is 236 g/mol. The molecule has 0 radical (unpaired) electrons. The maximum Gasteiger partial charge on any atom is 0.329 e. The average Bonchev–Trinajstić information content (AvgIpc) is 2.76. The molecule has 2 atom stereocenters. The fourth-order valence-electron chi connectivity index (χ4n) is 2.45. The second-order valence-electron chi connectivity index (χ2n) is 5.25. The van der Waals surface area contributed by atoms with Gasteiger partial charge in [0.25, 0.3) is 0 Å².